The molecule has 1 amide bonds. The van der Waals surface area contributed by atoms with E-state index in [-0.39, 0.29) is 25.7 Å². The molecule has 0 aromatic heterocycles. The lowest BCUT2D eigenvalue weighted by atomic mass is 9.94. The summed E-state index contributed by atoms with van der Waals surface area (Å²) in [5.74, 6) is -0.473. The molecule has 1 aliphatic rings. The summed E-state index contributed by atoms with van der Waals surface area (Å²) >= 11 is 0. The molecule has 0 saturated carbocycles. The Morgan fingerprint density at radius 3 is 2.42 bits per heavy atom. The zero-order valence-corrected chi connectivity index (χ0v) is 19.9. The van der Waals surface area contributed by atoms with Crippen LogP contribution in [0.15, 0.2) is 42.5 Å². The van der Waals surface area contributed by atoms with Crippen molar-refractivity contribution in [3.05, 3.63) is 65.0 Å². The van der Waals surface area contributed by atoms with E-state index in [1.165, 1.54) is 11.0 Å². The molecule has 3 rings (SSSR count). The lowest BCUT2D eigenvalue weighted by Gasteiger charge is -2.30. The molecule has 1 heterocycles. The lowest BCUT2D eigenvalue weighted by Crippen LogP contribution is -2.38. The van der Waals surface area contributed by atoms with Crippen molar-refractivity contribution < 1.29 is 28.2 Å². The van der Waals surface area contributed by atoms with Crippen LogP contribution < -0.4 is 4.74 Å². The highest BCUT2D eigenvalue weighted by Gasteiger charge is 2.34. The molecule has 0 fully saturated rings. The van der Waals surface area contributed by atoms with Crippen molar-refractivity contribution in [1.82, 2.24) is 4.90 Å². The van der Waals surface area contributed by atoms with E-state index in [1.54, 1.807) is 40.7 Å². The van der Waals surface area contributed by atoms with Gasteiger partial charge in [0.15, 0.2) is 0 Å². The van der Waals surface area contributed by atoms with Gasteiger partial charge in [0.1, 0.15) is 30.4 Å². The lowest BCUT2D eigenvalue weighted by molar-refractivity contribution is -0.167. The largest absolute Gasteiger partial charge is 0.492 e. The Morgan fingerprint density at radius 1 is 1.06 bits per heavy atom. The van der Waals surface area contributed by atoms with Crippen molar-refractivity contribution in [3.8, 4) is 5.75 Å². The Labute approximate surface area is 194 Å². The van der Waals surface area contributed by atoms with Gasteiger partial charge in [0.25, 0.3) is 0 Å². The van der Waals surface area contributed by atoms with Gasteiger partial charge in [0, 0.05) is 18.2 Å². The minimum atomic E-state index is -0.890. The first-order valence-electron chi connectivity index (χ1n) is 11.1. The number of amides is 1. The number of carbonyl (C=O) groups is 2. The highest BCUT2D eigenvalue weighted by atomic mass is 19.1. The van der Waals surface area contributed by atoms with Crippen LogP contribution in [0.3, 0.4) is 0 Å². The molecule has 0 saturated heterocycles. The average Bonchev–Trinajstić information content (AvgIpc) is 2.75. The highest BCUT2D eigenvalue weighted by Crippen LogP contribution is 2.29. The number of hydrogen-bond donors (Lipinski definition) is 0. The van der Waals surface area contributed by atoms with Crippen LogP contribution in [0.2, 0.25) is 0 Å². The third-order valence-electron chi connectivity index (χ3n) is 5.28. The van der Waals surface area contributed by atoms with Gasteiger partial charge in [-0.15, -0.1) is 0 Å². The first kappa shape index (κ1) is 24.6. The molecule has 2 aromatic carbocycles. The van der Waals surface area contributed by atoms with Crippen LogP contribution in [0.4, 0.5) is 9.18 Å². The molecule has 0 atom stereocenters. The van der Waals surface area contributed by atoms with E-state index in [4.69, 9.17) is 14.2 Å². The predicted octanol–water partition coefficient (Wildman–Crippen LogP) is 5.27. The molecule has 0 N–H and O–H groups in total. The molecule has 0 aliphatic carbocycles. The van der Waals surface area contributed by atoms with E-state index in [2.05, 4.69) is 0 Å². The summed E-state index contributed by atoms with van der Waals surface area (Å²) in [5.41, 5.74) is 0.647. The summed E-state index contributed by atoms with van der Waals surface area (Å²) in [4.78, 5) is 26.4. The Kier molecular flexibility index (Phi) is 7.30. The van der Waals surface area contributed by atoms with Gasteiger partial charge >= 0.3 is 12.1 Å². The van der Waals surface area contributed by atoms with Crippen molar-refractivity contribution >= 4 is 12.1 Å². The highest BCUT2D eigenvalue weighted by molar-refractivity contribution is 5.76. The summed E-state index contributed by atoms with van der Waals surface area (Å²) in [6.45, 7) is 9.67. The van der Waals surface area contributed by atoms with E-state index in [1.807, 2.05) is 30.3 Å². The number of esters is 1. The van der Waals surface area contributed by atoms with Gasteiger partial charge < -0.3 is 19.1 Å². The number of fused-ring (bicyclic) bond motifs is 1. The van der Waals surface area contributed by atoms with Crippen LogP contribution in [0.5, 0.6) is 5.75 Å². The molecular weight excluding hydrogens is 425 g/mol. The van der Waals surface area contributed by atoms with Gasteiger partial charge in [-0.05, 0) is 58.2 Å². The molecular formula is C26H32FNO5. The second kappa shape index (κ2) is 9.81. The summed E-state index contributed by atoms with van der Waals surface area (Å²) in [7, 11) is 0. The number of nitrogens with zero attached hydrogens (tertiary/aromatic N) is 1. The second-order valence-corrected chi connectivity index (χ2v) is 9.93. The molecule has 178 valence electrons. The van der Waals surface area contributed by atoms with Gasteiger partial charge in [0.2, 0.25) is 0 Å². The fourth-order valence-electron chi connectivity index (χ4n) is 3.38. The maximum atomic E-state index is 14.9. The summed E-state index contributed by atoms with van der Waals surface area (Å²) in [6, 6.07) is 12.5. The average molecular weight is 458 g/mol. The van der Waals surface area contributed by atoms with Crippen molar-refractivity contribution in [2.75, 3.05) is 13.2 Å². The van der Waals surface area contributed by atoms with Crippen molar-refractivity contribution in [2.45, 2.75) is 59.8 Å². The van der Waals surface area contributed by atoms with E-state index >= 15 is 0 Å². The molecule has 1 aliphatic heterocycles. The fourth-order valence-corrected chi connectivity index (χ4v) is 3.38. The van der Waals surface area contributed by atoms with Crippen molar-refractivity contribution in [1.29, 1.82) is 0 Å². The van der Waals surface area contributed by atoms with E-state index < -0.39 is 22.9 Å². The smallest absolute Gasteiger partial charge is 0.410 e. The van der Waals surface area contributed by atoms with Crippen molar-refractivity contribution in [3.63, 3.8) is 0 Å². The number of benzene rings is 2. The van der Waals surface area contributed by atoms with Crippen LogP contribution in [-0.2, 0) is 33.8 Å². The third-order valence-corrected chi connectivity index (χ3v) is 5.28. The Bertz CT molecular complexity index is 998. The zero-order valence-electron chi connectivity index (χ0n) is 19.9. The minimum Gasteiger partial charge on any atom is -0.492 e. The number of ether oxygens (including phenoxy) is 3. The SMILES string of the molecule is CC(C)(C)OC(=O)C(C)(C)COc1cc(F)c2c(c1)CCN(C(=O)OCc1ccccc1)C2. The standard InChI is InChI=1S/C26H32FNO5/c1-25(2,3)33-23(29)26(4,5)17-32-20-13-19-11-12-28(15-21(19)22(27)14-20)24(30)31-16-18-9-7-6-8-10-18/h6-10,13-14H,11-12,15-17H2,1-5H3. The first-order chi connectivity index (χ1) is 15.4. The van der Waals surface area contributed by atoms with Crippen LogP contribution in [0.1, 0.15) is 51.3 Å². The predicted molar refractivity (Wildman–Crippen MR) is 122 cm³/mol. The van der Waals surface area contributed by atoms with E-state index in [9.17, 15) is 14.0 Å². The normalized spacial score (nSPS) is 13.8. The van der Waals surface area contributed by atoms with Crippen LogP contribution >= 0.6 is 0 Å². The third kappa shape index (κ3) is 6.70. The summed E-state index contributed by atoms with van der Waals surface area (Å²) in [6.07, 6.45) is 0.0163. The zero-order chi connectivity index (χ0) is 24.2. The molecule has 0 spiro atoms. The van der Waals surface area contributed by atoms with Gasteiger partial charge in [-0.3, -0.25) is 4.79 Å². The molecule has 33 heavy (non-hydrogen) atoms. The minimum absolute atomic E-state index is 0.0536. The Hall–Kier alpha value is -3.09. The fraction of sp³-hybridized carbons (Fsp3) is 0.462. The van der Waals surface area contributed by atoms with Gasteiger partial charge in [-0.2, -0.15) is 0 Å². The maximum absolute atomic E-state index is 14.9. The second-order valence-electron chi connectivity index (χ2n) is 9.93. The molecule has 7 heteroatoms. The van der Waals surface area contributed by atoms with Crippen LogP contribution in [-0.4, -0.2) is 35.7 Å². The molecule has 2 aromatic rings. The van der Waals surface area contributed by atoms with Crippen LogP contribution in [0, 0.1) is 11.2 Å². The topological polar surface area (TPSA) is 65.1 Å². The summed E-state index contributed by atoms with van der Waals surface area (Å²) in [5, 5.41) is 0. The van der Waals surface area contributed by atoms with Gasteiger partial charge in [0.05, 0.1) is 12.0 Å². The van der Waals surface area contributed by atoms with E-state index in [0.717, 1.165) is 11.1 Å². The number of rotatable bonds is 6. The van der Waals surface area contributed by atoms with Gasteiger partial charge in [-0.25, -0.2) is 9.18 Å². The molecule has 0 unspecified atom stereocenters. The van der Waals surface area contributed by atoms with Gasteiger partial charge in [-0.1, -0.05) is 30.3 Å². The number of hydrogen-bond acceptors (Lipinski definition) is 5. The quantitative estimate of drug-likeness (QED) is 0.553. The summed E-state index contributed by atoms with van der Waals surface area (Å²) < 4.78 is 31.5. The first-order valence-corrected chi connectivity index (χ1v) is 11.1. The number of halogens is 1. The van der Waals surface area contributed by atoms with E-state index in [0.29, 0.717) is 24.3 Å². The maximum Gasteiger partial charge on any atom is 0.410 e. The molecule has 0 bridgehead atoms. The molecule has 6 nitrogen and oxygen atoms in total. The van der Waals surface area contributed by atoms with Crippen molar-refractivity contribution in [2.24, 2.45) is 5.41 Å². The Balaban J connectivity index is 1.60. The number of carbonyl (C=O) groups excluding carboxylic acids is 2. The molecule has 0 radical (unpaired) electrons. The van der Waals surface area contributed by atoms with Crippen LogP contribution in [0.25, 0.3) is 0 Å². The Morgan fingerprint density at radius 2 is 1.76 bits per heavy atom. The monoisotopic (exact) mass is 457 g/mol.